The van der Waals surface area contributed by atoms with Crippen molar-refractivity contribution in [2.24, 2.45) is 0 Å². The van der Waals surface area contributed by atoms with Gasteiger partial charge in [0.15, 0.2) is 11.2 Å². The van der Waals surface area contributed by atoms with E-state index in [1.54, 1.807) is 24.3 Å². The molecule has 0 atom stereocenters. The van der Waals surface area contributed by atoms with Gasteiger partial charge in [0.1, 0.15) is 5.58 Å². The van der Waals surface area contributed by atoms with Crippen LogP contribution in [0.1, 0.15) is 24.4 Å². The predicted octanol–water partition coefficient (Wildman–Crippen LogP) is 1.93. The fourth-order valence-electron chi connectivity index (χ4n) is 1.55. The van der Waals surface area contributed by atoms with E-state index >= 15 is 0 Å². The second kappa shape index (κ2) is 4.41. The molecule has 17 heavy (non-hydrogen) atoms. The Morgan fingerprint density at radius 3 is 2.71 bits per heavy atom. The molecule has 1 N–H and O–H groups in total. The summed E-state index contributed by atoms with van der Waals surface area (Å²) in [6.07, 6.45) is 0. The normalized spacial score (nSPS) is 10.8. The molecule has 1 amide bonds. The van der Waals surface area contributed by atoms with E-state index in [0.717, 1.165) is 0 Å². The summed E-state index contributed by atoms with van der Waals surface area (Å²) in [6, 6.07) is 8.08. The molecule has 0 spiro atoms. The van der Waals surface area contributed by atoms with Gasteiger partial charge in [-0.3, -0.25) is 9.59 Å². The van der Waals surface area contributed by atoms with Crippen LogP contribution in [0.25, 0.3) is 11.0 Å². The number of hydrogen-bond donors (Lipinski definition) is 1. The molecule has 4 heteroatoms. The average Bonchev–Trinajstić information content (AvgIpc) is 2.28. The molecule has 1 aromatic heterocycles. The maximum absolute atomic E-state index is 11.7. The lowest BCUT2D eigenvalue weighted by Gasteiger charge is -2.07. The maximum Gasteiger partial charge on any atom is 0.287 e. The van der Waals surface area contributed by atoms with Crippen LogP contribution in [-0.2, 0) is 0 Å². The number of fused-ring (bicyclic) bond motifs is 1. The number of amides is 1. The number of nitrogens with one attached hydrogen (secondary N) is 1. The van der Waals surface area contributed by atoms with Gasteiger partial charge >= 0.3 is 0 Å². The van der Waals surface area contributed by atoms with Crippen molar-refractivity contribution < 1.29 is 9.21 Å². The number of benzene rings is 1. The van der Waals surface area contributed by atoms with Crippen molar-refractivity contribution in [3.05, 3.63) is 46.3 Å². The molecule has 0 saturated carbocycles. The monoisotopic (exact) mass is 231 g/mol. The highest BCUT2D eigenvalue weighted by atomic mass is 16.3. The highest BCUT2D eigenvalue weighted by molar-refractivity contribution is 5.93. The Labute approximate surface area is 98.3 Å². The number of hydrogen-bond acceptors (Lipinski definition) is 3. The number of para-hydroxylation sites is 1. The third-order valence-electron chi connectivity index (χ3n) is 2.28. The lowest BCUT2D eigenvalue weighted by Crippen LogP contribution is -2.30. The minimum atomic E-state index is -0.372. The molecule has 0 radical (unpaired) electrons. The van der Waals surface area contributed by atoms with E-state index in [-0.39, 0.29) is 23.1 Å². The molecule has 0 aliphatic rings. The molecule has 88 valence electrons. The van der Waals surface area contributed by atoms with Crippen LogP contribution in [-0.4, -0.2) is 11.9 Å². The van der Waals surface area contributed by atoms with Gasteiger partial charge < -0.3 is 9.73 Å². The lowest BCUT2D eigenvalue weighted by atomic mass is 10.2. The van der Waals surface area contributed by atoms with E-state index in [4.69, 9.17) is 4.42 Å². The van der Waals surface area contributed by atoms with Crippen molar-refractivity contribution >= 4 is 16.9 Å². The molecular weight excluding hydrogens is 218 g/mol. The predicted molar refractivity (Wildman–Crippen MR) is 65.1 cm³/mol. The van der Waals surface area contributed by atoms with Crippen molar-refractivity contribution in [3.63, 3.8) is 0 Å². The second-order valence-corrected chi connectivity index (χ2v) is 4.10. The van der Waals surface area contributed by atoms with Crippen molar-refractivity contribution in [3.8, 4) is 0 Å². The minimum absolute atomic E-state index is 0.000674. The van der Waals surface area contributed by atoms with Gasteiger partial charge in [0.05, 0.1) is 5.39 Å². The molecule has 0 aliphatic heterocycles. The summed E-state index contributed by atoms with van der Waals surface area (Å²) in [5.74, 6) is -0.328. The average molecular weight is 231 g/mol. The molecule has 1 aromatic carbocycles. The zero-order chi connectivity index (χ0) is 12.4. The first-order valence-corrected chi connectivity index (χ1v) is 5.41. The third kappa shape index (κ3) is 2.36. The second-order valence-electron chi connectivity index (χ2n) is 4.10. The van der Waals surface area contributed by atoms with E-state index < -0.39 is 0 Å². The third-order valence-corrected chi connectivity index (χ3v) is 2.28. The summed E-state index contributed by atoms with van der Waals surface area (Å²) in [5, 5.41) is 3.16. The summed E-state index contributed by atoms with van der Waals surface area (Å²) >= 11 is 0. The van der Waals surface area contributed by atoms with Crippen molar-refractivity contribution in [1.29, 1.82) is 0 Å². The van der Waals surface area contributed by atoms with Gasteiger partial charge in [-0.2, -0.15) is 0 Å². The van der Waals surface area contributed by atoms with Crippen LogP contribution in [0.3, 0.4) is 0 Å². The van der Waals surface area contributed by atoms with E-state index in [2.05, 4.69) is 5.32 Å². The van der Waals surface area contributed by atoms with Crippen LogP contribution in [0, 0.1) is 0 Å². The maximum atomic E-state index is 11.7. The Bertz CT molecular complexity index is 613. The fraction of sp³-hybridized carbons (Fsp3) is 0.231. The molecule has 0 aliphatic carbocycles. The van der Waals surface area contributed by atoms with Crippen LogP contribution >= 0.6 is 0 Å². The molecule has 0 fully saturated rings. The van der Waals surface area contributed by atoms with Gasteiger partial charge in [0, 0.05) is 12.1 Å². The van der Waals surface area contributed by atoms with E-state index in [9.17, 15) is 9.59 Å². The number of carbonyl (C=O) groups excluding carboxylic acids is 1. The van der Waals surface area contributed by atoms with Gasteiger partial charge in [-0.25, -0.2) is 0 Å². The first-order chi connectivity index (χ1) is 8.08. The Hall–Kier alpha value is -2.10. The Kier molecular flexibility index (Phi) is 2.95. The molecular formula is C13H13NO3. The first-order valence-electron chi connectivity index (χ1n) is 5.41. The van der Waals surface area contributed by atoms with Gasteiger partial charge in [-0.1, -0.05) is 12.1 Å². The molecule has 0 unspecified atom stereocenters. The number of rotatable bonds is 2. The van der Waals surface area contributed by atoms with E-state index in [1.807, 2.05) is 13.8 Å². The summed E-state index contributed by atoms with van der Waals surface area (Å²) < 4.78 is 5.39. The molecule has 2 aromatic rings. The van der Waals surface area contributed by atoms with Gasteiger partial charge in [-0.05, 0) is 26.0 Å². The summed E-state index contributed by atoms with van der Waals surface area (Å²) in [5.41, 5.74) is 0.217. The van der Waals surface area contributed by atoms with Crippen molar-refractivity contribution in [2.75, 3.05) is 0 Å². The molecule has 4 nitrogen and oxygen atoms in total. The van der Waals surface area contributed by atoms with Crippen molar-refractivity contribution in [1.82, 2.24) is 5.32 Å². The van der Waals surface area contributed by atoms with Crippen LogP contribution in [0.5, 0.6) is 0 Å². The molecule has 0 bridgehead atoms. The van der Waals surface area contributed by atoms with Crippen molar-refractivity contribution in [2.45, 2.75) is 19.9 Å². The SMILES string of the molecule is CC(C)NC(=O)c1cc(=O)c2ccccc2o1. The zero-order valence-corrected chi connectivity index (χ0v) is 9.69. The minimum Gasteiger partial charge on any atom is -0.451 e. The Balaban J connectivity index is 2.50. The van der Waals surface area contributed by atoms with Gasteiger partial charge in [0.2, 0.25) is 0 Å². The summed E-state index contributed by atoms with van der Waals surface area (Å²) in [7, 11) is 0. The zero-order valence-electron chi connectivity index (χ0n) is 9.69. The quantitative estimate of drug-likeness (QED) is 0.859. The van der Waals surface area contributed by atoms with Crippen LogP contribution in [0.4, 0.5) is 0 Å². The molecule has 1 heterocycles. The summed E-state index contributed by atoms with van der Waals surface area (Å²) in [4.78, 5) is 23.5. The highest BCUT2D eigenvalue weighted by Crippen LogP contribution is 2.11. The topological polar surface area (TPSA) is 59.3 Å². The first kappa shape index (κ1) is 11.4. The van der Waals surface area contributed by atoms with Crippen LogP contribution < -0.4 is 10.7 Å². The summed E-state index contributed by atoms with van der Waals surface area (Å²) in [6.45, 7) is 3.69. The van der Waals surface area contributed by atoms with Gasteiger partial charge in [-0.15, -0.1) is 0 Å². The standard InChI is InChI=1S/C13H13NO3/c1-8(2)14-13(16)12-7-10(15)9-5-3-4-6-11(9)17-12/h3-8H,1-2H3,(H,14,16). The fourth-order valence-corrected chi connectivity index (χ4v) is 1.55. The van der Waals surface area contributed by atoms with Crippen LogP contribution in [0.2, 0.25) is 0 Å². The van der Waals surface area contributed by atoms with Crippen LogP contribution in [0.15, 0.2) is 39.5 Å². The molecule has 0 saturated heterocycles. The number of carbonyl (C=O) groups is 1. The lowest BCUT2D eigenvalue weighted by molar-refractivity contribution is 0.0915. The highest BCUT2D eigenvalue weighted by Gasteiger charge is 2.12. The smallest absolute Gasteiger partial charge is 0.287 e. The Morgan fingerprint density at radius 1 is 1.29 bits per heavy atom. The van der Waals surface area contributed by atoms with Gasteiger partial charge in [0.25, 0.3) is 5.91 Å². The molecule has 2 rings (SSSR count). The van der Waals surface area contributed by atoms with E-state index in [0.29, 0.717) is 11.0 Å². The largest absolute Gasteiger partial charge is 0.451 e. The van der Waals surface area contributed by atoms with E-state index in [1.165, 1.54) is 6.07 Å². The Morgan fingerprint density at radius 2 is 2.00 bits per heavy atom.